The Balaban J connectivity index is 1.87. The molecule has 1 aliphatic carbocycles. The predicted molar refractivity (Wildman–Crippen MR) is 74.7 cm³/mol. The number of carbonyl (C=O) groups is 1. The van der Waals surface area contributed by atoms with Crippen molar-refractivity contribution in [1.29, 1.82) is 0 Å². The molecule has 5 nitrogen and oxygen atoms in total. The smallest absolute Gasteiger partial charge is 0.317 e. The van der Waals surface area contributed by atoms with E-state index in [0.29, 0.717) is 19.1 Å². The molecule has 1 aliphatic rings. The second kappa shape index (κ2) is 6.59. The van der Waals surface area contributed by atoms with Crippen LogP contribution in [0.25, 0.3) is 0 Å². The number of nitrogens with zero attached hydrogens (tertiary/aromatic N) is 3. The van der Waals surface area contributed by atoms with Gasteiger partial charge in [-0.2, -0.15) is 5.10 Å². The lowest BCUT2D eigenvalue weighted by molar-refractivity contribution is 0.190. The first kappa shape index (κ1) is 13.9. The lowest BCUT2D eigenvalue weighted by atomic mass is 9.96. The summed E-state index contributed by atoms with van der Waals surface area (Å²) < 4.78 is 1.77. The van der Waals surface area contributed by atoms with Gasteiger partial charge in [-0.25, -0.2) is 4.79 Å². The number of hydrogen-bond donors (Lipinski definition) is 1. The van der Waals surface area contributed by atoms with Crippen LogP contribution in [0.15, 0.2) is 12.4 Å². The highest BCUT2D eigenvalue weighted by atomic mass is 16.2. The molecule has 0 aromatic carbocycles. The monoisotopic (exact) mass is 264 g/mol. The van der Waals surface area contributed by atoms with Crippen molar-refractivity contribution >= 4 is 6.03 Å². The minimum atomic E-state index is 0.0539. The van der Waals surface area contributed by atoms with Crippen molar-refractivity contribution in [2.45, 2.75) is 51.6 Å². The maximum absolute atomic E-state index is 12.2. The van der Waals surface area contributed by atoms with Crippen LogP contribution in [0.4, 0.5) is 4.79 Å². The average Bonchev–Trinajstić information content (AvgIpc) is 2.82. The molecule has 2 amide bonds. The quantitative estimate of drug-likeness (QED) is 0.907. The Morgan fingerprint density at radius 3 is 2.79 bits per heavy atom. The summed E-state index contributed by atoms with van der Waals surface area (Å²) in [6, 6.07) is 0.419. The predicted octanol–water partition coefficient (Wildman–Crippen LogP) is 2.28. The van der Waals surface area contributed by atoms with Crippen molar-refractivity contribution in [3.63, 3.8) is 0 Å². The molecule has 106 valence electrons. The van der Waals surface area contributed by atoms with Crippen molar-refractivity contribution in [3.8, 4) is 0 Å². The van der Waals surface area contributed by atoms with E-state index < -0.39 is 0 Å². The summed E-state index contributed by atoms with van der Waals surface area (Å²) in [6.07, 6.45) is 9.79. The van der Waals surface area contributed by atoms with Gasteiger partial charge in [-0.3, -0.25) is 4.68 Å². The van der Waals surface area contributed by atoms with E-state index in [1.807, 2.05) is 31.3 Å². The van der Waals surface area contributed by atoms with Crippen LogP contribution in [0.2, 0.25) is 0 Å². The second-order valence-electron chi connectivity index (χ2n) is 5.32. The van der Waals surface area contributed by atoms with Crippen molar-refractivity contribution in [3.05, 3.63) is 18.0 Å². The first-order chi connectivity index (χ1) is 9.19. The van der Waals surface area contributed by atoms with Crippen LogP contribution < -0.4 is 5.32 Å². The van der Waals surface area contributed by atoms with Gasteiger partial charge in [0.2, 0.25) is 0 Å². The Hall–Kier alpha value is -1.52. The molecule has 1 saturated carbocycles. The fourth-order valence-corrected chi connectivity index (χ4v) is 2.61. The van der Waals surface area contributed by atoms with Gasteiger partial charge < -0.3 is 10.2 Å². The first-order valence-electron chi connectivity index (χ1n) is 7.22. The average molecular weight is 264 g/mol. The number of rotatable bonds is 4. The minimum absolute atomic E-state index is 0.0539. The molecule has 2 rings (SSSR count). The highest BCUT2D eigenvalue weighted by Crippen LogP contribution is 2.17. The minimum Gasteiger partial charge on any atom is -0.335 e. The molecular formula is C14H24N4O. The number of urea groups is 1. The van der Waals surface area contributed by atoms with Crippen LogP contribution in [0, 0.1) is 0 Å². The largest absolute Gasteiger partial charge is 0.335 e. The molecule has 0 saturated heterocycles. The van der Waals surface area contributed by atoms with Gasteiger partial charge in [-0.15, -0.1) is 0 Å². The van der Waals surface area contributed by atoms with Crippen LogP contribution in [0.1, 0.15) is 44.6 Å². The second-order valence-corrected chi connectivity index (χ2v) is 5.32. The number of aromatic nitrogens is 2. The van der Waals surface area contributed by atoms with Gasteiger partial charge in [0.1, 0.15) is 0 Å². The number of hydrogen-bond acceptors (Lipinski definition) is 2. The highest BCUT2D eigenvalue weighted by Gasteiger charge is 2.19. The van der Waals surface area contributed by atoms with Gasteiger partial charge >= 0.3 is 6.03 Å². The number of carbonyl (C=O) groups excluding carboxylic acids is 1. The van der Waals surface area contributed by atoms with Crippen molar-refractivity contribution in [2.75, 3.05) is 6.54 Å². The van der Waals surface area contributed by atoms with E-state index in [-0.39, 0.29) is 6.03 Å². The molecular weight excluding hydrogens is 240 g/mol. The van der Waals surface area contributed by atoms with Crippen LogP contribution in [0.3, 0.4) is 0 Å². The van der Waals surface area contributed by atoms with E-state index in [9.17, 15) is 4.79 Å². The SMILES string of the molecule is CCN(Cc1cnn(C)c1)C(=O)NC1CCCCC1. The standard InChI is InChI=1S/C14H24N4O/c1-3-18(11-12-9-15-17(2)10-12)14(19)16-13-7-5-4-6-8-13/h9-10,13H,3-8,11H2,1-2H3,(H,16,19). The molecule has 1 aromatic rings. The molecule has 1 N–H and O–H groups in total. The van der Waals surface area contributed by atoms with E-state index in [1.165, 1.54) is 19.3 Å². The summed E-state index contributed by atoms with van der Waals surface area (Å²) in [6.45, 7) is 3.35. The van der Waals surface area contributed by atoms with Gasteiger partial charge in [-0.1, -0.05) is 19.3 Å². The summed E-state index contributed by atoms with van der Waals surface area (Å²) >= 11 is 0. The maximum atomic E-state index is 12.2. The topological polar surface area (TPSA) is 50.2 Å². The molecule has 0 bridgehead atoms. The molecule has 0 unspecified atom stereocenters. The van der Waals surface area contributed by atoms with E-state index in [2.05, 4.69) is 10.4 Å². The van der Waals surface area contributed by atoms with Crippen LogP contribution in [-0.4, -0.2) is 33.3 Å². The van der Waals surface area contributed by atoms with Gasteiger partial charge in [0.25, 0.3) is 0 Å². The van der Waals surface area contributed by atoms with Gasteiger partial charge in [0.15, 0.2) is 0 Å². The van der Waals surface area contributed by atoms with E-state index in [1.54, 1.807) is 4.68 Å². The number of aryl methyl sites for hydroxylation is 1. The summed E-state index contributed by atoms with van der Waals surface area (Å²) in [5.74, 6) is 0. The maximum Gasteiger partial charge on any atom is 0.317 e. The Morgan fingerprint density at radius 2 is 2.21 bits per heavy atom. The third-order valence-electron chi connectivity index (χ3n) is 3.73. The number of nitrogens with one attached hydrogen (secondary N) is 1. The molecule has 5 heteroatoms. The van der Waals surface area contributed by atoms with E-state index in [4.69, 9.17) is 0 Å². The Labute approximate surface area is 115 Å². The van der Waals surface area contributed by atoms with E-state index >= 15 is 0 Å². The summed E-state index contributed by atoms with van der Waals surface area (Å²) in [5.41, 5.74) is 1.07. The molecule has 1 aromatic heterocycles. The fraction of sp³-hybridized carbons (Fsp3) is 0.714. The summed E-state index contributed by atoms with van der Waals surface area (Å²) in [4.78, 5) is 14.1. The molecule has 0 spiro atoms. The van der Waals surface area contributed by atoms with Crippen LogP contribution >= 0.6 is 0 Å². The zero-order valence-electron chi connectivity index (χ0n) is 11.9. The molecule has 1 heterocycles. The molecule has 0 radical (unpaired) electrons. The first-order valence-corrected chi connectivity index (χ1v) is 7.22. The lowest BCUT2D eigenvalue weighted by Gasteiger charge is -2.27. The number of amides is 2. The lowest BCUT2D eigenvalue weighted by Crippen LogP contribution is -2.45. The molecule has 0 atom stereocenters. The Bertz CT molecular complexity index is 409. The summed E-state index contributed by atoms with van der Waals surface area (Å²) in [5, 5.41) is 7.29. The molecule has 1 fully saturated rings. The Kier molecular flexibility index (Phi) is 4.82. The zero-order chi connectivity index (χ0) is 13.7. The summed E-state index contributed by atoms with van der Waals surface area (Å²) in [7, 11) is 1.89. The van der Waals surface area contributed by atoms with Crippen molar-refractivity contribution in [2.24, 2.45) is 7.05 Å². The fourth-order valence-electron chi connectivity index (χ4n) is 2.61. The van der Waals surface area contributed by atoms with Gasteiger partial charge in [0.05, 0.1) is 12.7 Å². The zero-order valence-corrected chi connectivity index (χ0v) is 11.9. The third-order valence-corrected chi connectivity index (χ3v) is 3.73. The van der Waals surface area contributed by atoms with Crippen LogP contribution in [0.5, 0.6) is 0 Å². The molecule has 0 aliphatic heterocycles. The Morgan fingerprint density at radius 1 is 1.47 bits per heavy atom. The van der Waals surface area contributed by atoms with Gasteiger partial charge in [0, 0.05) is 31.4 Å². The van der Waals surface area contributed by atoms with Crippen molar-refractivity contribution in [1.82, 2.24) is 20.0 Å². The third kappa shape index (κ3) is 3.98. The van der Waals surface area contributed by atoms with Gasteiger partial charge in [-0.05, 0) is 19.8 Å². The molecule has 19 heavy (non-hydrogen) atoms. The van der Waals surface area contributed by atoms with Crippen LogP contribution in [-0.2, 0) is 13.6 Å². The van der Waals surface area contributed by atoms with Crippen molar-refractivity contribution < 1.29 is 4.79 Å². The normalized spacial score (nSPS) is 16.3. The highest BCUT2D eigenvalue weighted by molar-refractivity contribution is 5.74. The van der Waals surface area contributed by atoms with E-state index in [0.717, 1.165) is 18.4 Å².